The van der Waals surface area contributed by atoms with Crippen LogP contribution in [0.5, 0.6) is 0 Å². The summed E-state index contributed by atoms with van der Waals surface area (Å²) < 4.78 is 32.6. The molecule has 0 spiro atoms. The van der Waals surface area contributed by atoms with E-state index in [-0.39, 0.29) is 17.1 Å². The molecular formula is C16H25N3O3S. The highest BCUT2D eigenvalue weighted by molar-refractivity contribution is 7.89. The van der Waals surface area contributed by atoms with Gasteiger partial charge < -0.3 is 9.64 Å². The fraction of sp³-hybridized carbons (Fsp3) is 0.688. The van der Waals surface area contributed by atoms with Crippen molar-refractivity contribution >= 4 is 15.8 Å². The van der Waals surface area contributed by atoms with Crippen LogP contribution < -0.4 is 4.90 Å². The first-order valence-corrected chi connectivity index (χ1v) is 9.77. The van der Waals surface area contributed by atoms with Crippen molar-refractivity contribution < 1.29 is 13.2 Å². The highest BCUT2D eigenvalue weighted by Gasteiger charge is 2.27. The molecule has 0 N–H and O–H groups in total. The number of anilines is 1. The summed E-state index contributed by atoms with van der Waals surface area (Å²) in [6.07, 6.45) is 4.78. The number of ether oxygens (including phenoxy) is 1. The number of hydrogen-bond acceptors (Lipinski definition) is 5. The SMILES string of the molecule is CC1CN(c2ccc(S(=O)(=O)N3CCCCC3)cn2)CC(C)O1. The van der Waals surface area contributed by atoms with E-state index < -0.39 is 10.0 Å². The maximum Gasteiger partial charge on any atom is 0.244 e. The number of hydrogen-bond donors (Lipinski definition) is 0. The van der Waals surface area contributed by atoms with E-state index in [4.69, 9.17) is 4.74 Å². The Morgan fingerprint density at radius 2 is 1.74 bits per heavy atom. The van der Waals surface area contributed by atoms with Gasteiger partial charge in [0.1, 0.15) is 10.7 Å². The summed E-state index contributed by atoms with van der Waals surface area (Å²) in [5.74, 6) is 0.810. The molecule has 2 unspecified atom stereocenters. The van der Waals surface area contributed by atoms with E-state index in [1.807, 2.05) is 19.9 Å². The first kappa shape index (κ1) is 16.7. The second kappa shape index (κ2) is 6.75. The minimum atomic E-state index is -3.40. The molecule has 3 rings (SSSR count). The summed E-state index contributed by atoms with van der Waals surface area (Å²) in [6, 6.07) is 3.48. The van der Waals surface area contributed by atoms with Crippen LogP contribution in [-0.4, -0.2) is 56.1 Å². The van der Waals surface area contributed by atoms with Crippen molar-refractivity contribution in [3.63, 3.8) is 0 Å². The van der Waals surface area contributed by atoms with Gasteiger partial charge in [-0.15, -0.1) is 0 Å². The zero-order chi connectivity index (χ0) is 16.4. The minimum absolute atomic E-state index is 0.150. The van der Waals surface area contributed by atoms with Crippen LogP contribution in [0.1, 0.15) is 33.1 Å². The van der Waals surface area contributed by atoms with Crippen LogP contribution in [0, 0.1) is 0 Å². The highest BCUT2D eigenvalue weighted by Crippen LogP contribution is 2.23. The minimum Gasteiger partial charge on any atom is -0.372 e. The van der Waals surface area contributed by atoms with E-state index in [0.29, 0.717) is 13.1 Å². The Morgan fingerprint density at radius 3 is 2.30 bits per heavy atom. The molecule has 0 aromatic carbocycles. The molecule has 2 atom stereocenters. The average Bonchev–Trinajstić information content (AvgIpc) is 2.55. The molecule has 128 valence electrons. The van der Waals surface area contributed by atoms with E-state index in [9.17, 15) is 8.42 Å². The zero-order valence-corrected chi connectivity index (χ0v) is 14.6. The van der Waals surface area contributed by atoms with Crippen LogP contribution >= 0.6 is 0 Å². The summed E-state index contributed by atoms with van der Waals surface area (Å²) in [5.41, 5.74) is 0. The van der Waals surface area contributed by atoms with Gasteiger partial charge in [0.25, 0.3) is 0 Å². The van der Waals surface area contributed by atoms with Crippen LogP contribution in [0.4, 0.5) is 5.82 Å². The van der Waals surface area contributed by atoms with Crippen molar-refractivity contribution in [3.05, 3.63) is 18.3 Å². The molecule has 2 aliphatic heterocycles. The third kappa shape index (κ3) is 3.67. The predicted octanol–water partition coefficient (Wildman–Crippen LogP) is 1.87. The largest absolute Gasteiger partial charge is 0.372 e. The van der Waals surface area contributed by atoms with E-state index in [1.165, 1.54) is 6.20 Å². The molecule has 0 bridgehead atoms. The maximum absolute atomic E-state index is 12.6. The molecule has 23 heavy (non-hydrogen) atoms. The van der Waals surface area contributed by atoms with Crippen LogP contribution in [0.15, 0.2) is 23.2 Å². The standard InChI is InChI=1S/C16H25N3O3S/c1-13-11-18(12-14(2)22-13)16-7-6-15(10-17-16)23(20,21)19-8-4-3-5-9-19/h6-7,10,13-14H,3-5,8-9,11-12H2,1-2H3. The maximum atomic E-state index is 12.6. The van der Waals surface area contributed by atoms with Crippen LogP contribution in [0.25, 0.3) is 0 Å². The summed E-state index contributed by atoms with van der Waals surface area (Å²) in [5, 5.41) is 0. The second-order valence-electron chi connectivity index (χ2n) is 6.48. The lowest BCUT2D eigenvalue weighted by atomic mass is 10.2. The topological polar surface area (TPSA) is 62.7 Å². The quantitative estimate of drug-likeness (QED) is 0.841. The Balaban J connectivity index is 1.76. The summed E-state index contributed by atoms with van der Waals surface area (Å²) in [4.78, 5) is 6.84. The Hall–Kier alpha value is -1.18. The molecule has 1 aromatic heterocycles. The van der Waals surface area contributed by atoms with E-state index in [1.54, 1.807) is 10.4 Å². The smallest absolute Gasteiger partial charge is 0.244 e. The van der Waals surface area contributed by atoms with Gasteiger partial charge in [0.2, 0.25) is 10.0 Å². The number of nitrogens with zero attached hydrogens (tertiary/aromatic N) is 3. The Labute approximate surface area is 138 Å². The molecule has 3 heterocycles. The van der Waals surface area contributed by atoms with Crippen molar-refractivity contribution in [1.29, 1.82) is 0 Å². The van der Waals surface area contributed by atoms with Gasteiger partial charge in [-0.25, -0.2) is 13.4 Å². The molecule has 2 aliphatic rings. The average molecular weight is 339 g/mol. The highest BCUT2D eigenvalue weighted by atomic mass is 32.2. The van der Waals surface area contributed by atoms with Crippen LogP contribution in [-0.2, 0) is 14.8 Å². The fourth-order valence-electron chi connectivity index (χ4n) is 3.33. The molecule has 2 fully saturated rings. The molecular weight excluding hydrogens is 314 g/mol. The third-order valence-electron chi connectivity index (χ3n) is 4.42. The van der Waals surface area contributed by atoms with Gasteiger partial charge in [0.05, 0.1) is 12.2 Å². The number of morpholine rings is 1. The molecule has 0 saturated carbocycles. The monoisotopic (exact) mass is 339 g/mol. The lowest BCUT2D eigenvalue weighted by Crippen LogP contribution is -2.45. The van der Waals surface area contributed by atoms with Gasteiger partial charge in [-0.2, -0.15) is 4.31 Å². The normalized spacial score (nSPS) is 27.1. The summed E-state index contributed by atoms with van der Waals surface area (Å²) in [7, 11) is -3.40. The Kier molecular flexibility index (Phi) is 4.89. The lowest BCUT2D eigenvalue weighted by Gasteiger charge is -2.36. The molecule has 2 saturated heterocycles. The first-order valence-electron chi connectivity index (χ1n) is 8.33. The number of piperidine rings is 1. The molecule has 0 aliphatic carbocycles. The van der Waals surface area contributed by atoms with Gasteiger partial charge in [-0.1, -0.05) is 6.42 Å². The molecule has 6 nitrogen and oxygen atoms in total. The van der Waals surface area contributed by atoms with E-state index >= 15 is 0 Å². The van der Waals surface area contributed by atoms with Crippen molar-refractivity contribution in [2.45, 2.75) is 50.2 Å². The van der Waals surface area contributed by atoms with E-state index in [0.717, 1.165) is 38.2 Å². The molecule has 7 heteroatoms. The Bertz CT molecular complexity index is 616. The van der Waals surface area contributed by atoms with Crippen molar-refractivity contribution in [3.8, 4) is 0 Å². The van der Waals surface area contributed by atoms with Gasteiger partial charge in [-0.05, 0) is 38.8 Å². The molecule has 1 aromatic rings. The summed E-state index contributed by atoms with van der Waals surface area (Å²) >= 11 is 0. The van der Waals surface area contributed by atoms with Crippen LogP contribution in [0.2, 0.25) is 0 Å². The second-order valence-corrected chi connectivity index (χ2v) is 8.42. The van der Waals surface area contributed by atoms with Gasteiger partial charge in [0.15, 0.2) is 0 Å². The fourth-order valence-corrected chi connectivity index (χ4v) is 4.79. The Morgan fingerprint density at radius 1 is 1.09 bits per heavy atom. The van der Waals surface area contributed by atoms with Gasteiger partial charge in [0, 0.05) is 32.4 Å². The predicted molar refractivity (Wildman–Crippen MR) is 89.1 cm³/mol. The third-order valence-corrected chi connectivity index (χ3v) is 6.30. The van der Waals surface area contributed by atoms with Crippen molar-refractivity contribution in [2.24, 2.45) is 0 Å². The van der Waals surface area contributed by atoms with Gasteiger partial charge >= 0.3 is 0 Å². The zero-order valence-electron chi connectivity index (χ0n) is 13.8. The first-order chi connectivity index (χ1) is 11.0. The number of aromatic nitrogens is 1. The van der Waals surface area contributed by atoms with Crippen LogP contribution in [0.3, 0.4) is 0 Å². The van der Waals surface area contributed by atoms with E-state index in [2.05, 4.69) is 9.88 Å². The van der Waals surface area contributed by atoms with Gasteiger partial charge in [-0.3, -0.25) is 0 Å². The number of rotatable bonds is 3. The number of sulfonamides is 1. The van der Waals surface area contributed by atoms with Crippen molar-refractivity contribution in [1.82, 2.24) is 9.29 Å². The molecule has 0 amide bonds. The van der Waals surface area contributed by atoms with Crippen molar-refractivity contribution in [2.75, 3.05) is 31.1 Å². The number of pyridine rings is 1. The summed E-state index contributed by atoms with van der Waals surface area (Å²) in [6.45, 7) is 6.85. The molecule has 0 radical (unpaired) electrons. The lowest BCUT2D eigenvalue weighted by molar-refractivity contribution is -0.00546.